The van der Waals surface area contributed by atoms with E-state index in [9.17, 15) is 4.79 Å². The van der Waals surface area contributed by atoms with Crippen LogP contribution in [0.1, 0.15) is 27.7 Å². The first-order valence-corrected chi connectivity index (χ1v) is 9.48. The monoisotopic (exact) mass is 363 g/mol. The van der Waals surface area contributed by atoms with Gasteiger partial charge in [-0.3, -0.25) is 4.79 Å². The van der Waals surface area contributed by atoms with Crippen LogP contribution in [0.5, 0.6) is 5.75 Å². The van der Waals surface area contributed by atoms with Crippen LogP contribution in [0.25, 0.3) is 11.4 Å². The summed E-state index contributed by atoms with van der Waals surface area (Å²) in [5.74, 6) is 2.10. The molecule has 2 rings (SSSR count). The van der Waals surface area contributed by atoms with Gasteiger partial charge in [-0.2, -0.15) is 0 Å². The second-order valence-electron chi connectivity index (χ2n) is 5.87. The maximum atomic E-state index is 11.5. The number of benzene rings is 1. The largest absolute Gasteiger partial charge is 0.493 e. The summed E-state index contributed by atoms with van der Waals surface area (Å²) in [6.07, 6.45) is 0. The highest BCUT2D eigenvalue weighted by Crippen LogP contribution is 2.25. The van der Waals surface area contributed by atoms with Gasteiger partial charge >= 0.3 is 5.97 Å². The molecule has 7 heteroatoms. The van der Waals surface area contributed by atoms with Gasteiger partial charge in [-0.25, -0.2) is 0 Å². The van der Waals surface area contributed by atoms with Crippen LogP contribution in [0.2, 0.25) is 0 Å². The van der Waals surface area contributed by atoms with E-state index in [1.54, 1.807) is 6.92 Å². The summed E-state index contributed by atoms with van der Waals surface area (Å²) >= 11 is 1.34. The summed E-state index contributed by atoms with van der Waals surface area (Å²) in [5.41, 5.74) is 0.967. The highest BCUT2D eigenvalue weighted by molar-refractivity contribution is 7.99. The number of carbonyl (C=O) groups excluding carboxylic acids is 1. The zero-order chi connectivity index (χ0) is 18.2. The molecule has 0 bridgehead atoms. The molecule has 0 atom stereocenters. The fraction of sp³-hybridized carbons (Fsp3) is 0.500. The maximum Gasteiger partial charge on any atom is 0.316 e. The zero-order valence-corrected chi connectivity index (χ0v) is 16.0. The third-order valence-electron chi connectivity index (χ3n) is 3.35. The van der Waals surface area contributed by atoms with E-state index in [1.165, 1.54) is 11.8 Å². The first-order chi connectivity index (χ1) is 12.0. The van der Waals surface area contributed by atoms with E-state index in [0.29, 0.717) is 24.3 Å². The lowest BCUT2D eigenvalue weighted by Crippen LogP contribution is -2.08. The summed E-state index contributed by atoms with van der Waals surface area (Å²) in [5, 5.41) is 9.21. The molecule has 0 N–H and O–H groups in total. The van der Waals surface area contributed by atoms with Gasteiger partial charge < -0.3 is 14.0 Å². The second kappa shape index (κ2) is 9.46. The molecule has 0 aliphatic carbocycles. The third kappa shape index (κ3) is 5.49. The van der Waals surface area contributed by atoms with Crippen LogP contribution in [0, 0.1) is 5.92 Å². The Balaban J connectivity index is 2.10. The van der Waals surface area contributed by atoms with Gasteiger partial charge in [0.25, 0.3) is 0 Å². The Bertz CT molecular complexity index is 683. The van der Waals surface area contributed by atoms with Crippen LogP contribution in [-0.2, 0) is 16.1 Å². The molecule has 1 aromatic heterocycles. The van der Waals surface area contributed by atoms with E-state index in [2.05, 4.69) is 24.0 Å². The number of esters is 1. The topological polar surface area (TPSA) is 66.2 Å². The van der Waals surface area contributed by atoms with Gasteiger partial charge in [0.15, 0.2) is 11.0 Å². The lowest BCUT2D eigenvalue weighted by molar-refractivity contribution is -0.139. The fourth-order valence-corrected chi connectivity index (χ4v) is 2.98. The molecule has 136 valence electrons. The van der Waals surface area contributed by atoms with Crippen molar-refractivity contribution in [1.82, 2.24) is 14.8 Å². The maximum absolute atomic E-state index is 11.5. The minimum Gasteiger partial charge on any atom is -0.493 e. The fourth-order valence-electron chi connectivity index (χ4n) is 2.18. The molecule has 0 saturated carbocycles. The average molecular weight is 363 g/mol. The van der Waals surface area contributed by atoms with Crippen molar-refractivity contribution < 1.29 is 14.3 Å². The molecule has 2 aromatic rings. The first kappa shape index (κ1) is 19.3. The number of hydrogen-bond acceptors (Lipinski definition) is 6. The van der Waals surface area contributed by atoms with Crippen LogP contribution < -0.4 is 4.74 Å². The molecule has 0 amide bonds. The molecule has 25 heavy (non-hydrogen) atoms. The van der Waals surface area contributed by atoms with Crippen molar-refractivity contribution in [2.75, 3.05) is 19.0 Å². The lowest BCUT2D eigenvalue weighted by Gasteiger charge is -2.10. The molecule has 0 radical (unpaired) electrons. The summed E-state index contributed by atoms with van der Waals surface area (Å²) in [7, 11) is 0. The Morgan fingerprint density at radius 3 is 2.52 bits per heavy atom. The molecule has 0 fully saturated rings. The number of ether oxygens (including phenoxy) is 2. The minimum absolute atomic E-state index is 0.230. The van der Waals surface area contributed by atoms with Gasteiger partial charge in [0.05, 0.1) is 19.0 Å². The quantitative estimate of drug-likeness (QED) is 0.500. The summed E-state index contributed by atoms with van der Waals surface area (Å²) < 4.78 is 12.7. The van der Waals surface area contributed by atoms with Crippen molar-refractivity contribution >= 4 is 17.7 Å². The summed E-state index contributed by atoms with van der Waals surface area (Å²) in [6.45, 7) is 9.86. The Morgan fingerprint density at radius 1 is 1.20 bits per heavy atom. The van der Waals surface area contributed by atoms with E-state index in [4.69, 9.17) is 9.47 Å². The van der Waals surface area contributed by atoms with Gasteiger partial charge in [-0.15, -0.1) is 10.2 Å². The molecule has 0 aliphatic heterocycles. The van der Waals surface area contributed by atoms with Crippen LogP contribution >= 0.6 is 11.8 Å². The number of aromatic nitrogens is 3. The highest BCUT2D eigenvalue weighted by atomic mass is 32.2. The average Bonchev–Trinajstić information content (AvgIpc) is 3.01. The number of rotatable bonds is 9. The van der Waals surface area contributed by atoms with Gasteiger partial charge in [0, 0.05) is 12.1 Å². The predicted octanol–water partition coefficient (Wildman–Crippen LogP) is 3.66. The molecular formula is C18H25N3O3S. The van der Waals surface area contributed by atoms with E-state index >= 15 is 0 Å². The number of hydrogen-bond donors (Lipinski definition) is 0. The van der Waals surface area contributed by atoms with Crippen LogP contribution in [0.3, 0.4) is 0 Å². The van der Waals surface area contributed by atoms with Gasteiger partial charge in [0.1, 0.15) is 5.75 Å². The lowest BCUT2D eigenvalue weighted by atomic mass is 10.2. The van der Waals surface area contributed by atoms with E-state index < -0.39 is 0 Å². The highest BCUT2D eigenvalue weighted by Gasteiger charge is 2.15. The minimum atomic E-state index is -0.244. The van der Waals surface area contributed by atoms with Crippen LogP contribution in [-0.4, -0.2) is 39.7 Å². The SMILES string of the molecule is CCOC(=O)CSc1nnc(-c2ccc(OCC(C)C)cc2)n1CC. The van der Waals surface area contributed by atoms with Crippen molar-refractivity contribution in [3.8, 4) is 17.1 Å². The van der Waals surface area contributed by atoms with E-state index in [1.807, 2.05) is 35.8 Å². The third-order valence-corrected chi connectivity index (χ3v) is 4.29. The van der Waals surface area contributed by atoms with E-state index in [0.717, 1.165) is 23.7 Å². The molecule has 0 saturated heterocycles. The molecule has 1 aromatic carbocycles. The Labute approximate surface area is 152 Å². The standard InChI is InChI=1S/C18H25N3O3S/c1-5-21-17(19-20-18(21)25-12-16(22)23-6-2)14-7-9-15(10-8-14)24-11-13(3)4/h7-10,13H,5-6,11-12H2,1-4H3. The molecular weight excluding hydrogens is 338 g/mol. The van der Waals surface area contributed by atoms with Crippen molar-refractivity contribution in [3.63, 3.8) is 0 Å². The number of carbonyl (C=O) groups is 1. The Hall–Kier alpha value is -2.02. The second-order valence-corrected chi connectivity index (χ2v) is 6.82. The molecule has 0 spiro atoms. The normalized spacial score (nSPS) is 10.9. The van der Waals surface area contributed by atoms with E-state index in [-0.39, 0.29) is 11.7 Å². The molecule has 1 heterocycles. The van der Waals surface area contributed by atoms with Crippen LogP contribution in [0.4, 0.5) is 0 Å². The van der Waals surface area contributed by atoms with Gasteiger partial charge in [-0.1, -0.05) is 25.6 Å². The van der Waals surface area contributed by atoms with Crippen molar-refractivity contribution in [2.45, 2.75) is 39.4 Å². The van der Waals surface area contributed by atoms with Gasteiger partial charge in [0.2, 0.25) is 0 Å². The zero-order valence-electron chi connectivity index (χ0n) is 15.2. The predicted molar refractivity (Wildman–Crippen MR) is 98.8 cm³/mol. The summed E-state index contributed by atoms with van der Waals surface area (Å²) in [4.78, 5) is 11.5. The number of thioether (sulfide) groups is 1. The number of nitrogens with zero attached hydrogens (tertiary/aromatic N) is 3. The molecule has 0 aliphatic rings. The Morgan fingerprint density at radius 2 is 1.92 bits per heavy atom. The summed E-state index contributed by atoms with van der Waals surface area (Å²) in [6, 6.07) is 7.84. The molecule has 0 unspecified atom stereocenters. The van der Waals surface area contributed by atoms with Crippen molar-refractivity contribution in [2.24, 2.45) is 5.92 Å². The van der Waals surface area contributed by atoms with Crippen LogP contribution in [0.15, 0.2) is 29.4 Å². The molecule has 6 nitrogen and oxygen atoms in total. The van der Waals surface area contributed by atoms with Crippen molar-refractivity contribution in [3.05, 3.63) is 24.3 Å². The van der Waals surface area contributed by atoms with Crippen molar-refractivity contribution in [1.29, 1.82) is 0 Å². The Kier molecular flexibility index (Phi) is 7.31. The first-order valence-electron chi connectivity index (χ1n) is 8.50. The van der Waals surface area contributed by atoms with Gasteiger partial charge in [-0.05, 0) is 44.0 Å². The smallest absolute Gasteiger partial charge is 0.316 e.